The quantitative estimate of drug-likeness (QED) is 0.470. The molecule has 7 heteroatoms. The number of nitrogens with one attached hydrogen (secondary N) is 1. The zero-order valence-electron chi connectivity index (χ0n) is 9.57. The van der Waals surface area contributed by atoms with Crippen molar-refractivity contribution >= 4 is 5.69 Å². The Labute approximate surface area is 103 Å². The molecule has 0 aliphatic rings. The van der Waals surface area contributed by atoms with Gasteiger partial charge in [0.05, 0.1) is 11.5 Å². The van der Waals surface area contributed by atoms with Crippen LogP contribution in [0.3, 0.4) is 0 Å². The second-order valence-electron chi connectivity index (χ2n) is 3.70. The van der Waals surface area contributed by atoms with E-state index in [0.29, 0.717) is 12.4 Å². The molecule has 2 aromatic rings. The molecule has 0 atom stereocenters. The standard InChI is InChI=1S/C11H12N4O3/c16-15(17)10-3-1-9(2-4-10)5-6-12-7-11-13-8-18-14-11/h1-4,8,12H,5-7H2. The lowest BCUT2D eigenvalue weighted by Crippen LogP contribution is -2.17. The molecule has 0 saturated carbocycles. The number of nitrogens with zero attached hydrogens (tertiary/aromatic N) is 3. The number of nitro groups is 1. The van der Waals surface area contributed by atoms with Gasteiger partial charge in [-0.1, -0.05) is 17.3 Å². The number of nitro benzene ring substituents is 1. The fraction of sp³-hybridized carbons (Fsp3) is 0.273. The van der Waals surface area contributed by atoms with E-state index in [9.17, 15) is 10.1 Å². The lowest BCUT2D eigenvalue weighted by Gasteiger charge is -2.02. The molecule has 0 aliphatic heterocycles. The first kappa shape index (κ1) is 12.2. The topological polar surface area (TPSA) is 94.1 Å². The molecule has 7 nitrogen and oxygen atoms in total. The summed E-state index contributed by atoms with van der Waals surface area (Å²) in [5.74, 6) is 0.610. The van der Waals surface area contributed by atoms with Crippen LogP contribution in [0, 0.1) is 10.1 Å². The molecule has 94 valence electrons. The Balaban J connectivity index is 1.75. The Kier molecular flexibility index (Phi) is 3.98. The summed E-state index contributed by atoms with van der Waals surface area (Å²) in [5, 5.41) is 17.3. The van der Waals surface area contributed by atoms with Gasteiger partial charge in [0, 0.05) is 12.1 Å². The predicted octanol–water partition coefficient (Wildman–Crippen LogP) is 1.31. The van der Waals surface area contributed by atoms with Gasteiger partial charge in [-0.25, -0.2) is 0 Å². The molecule has 1 aromatic carbocycles. The average Bonchev–Trinajstić information content (AvgIpc) is 2.88. The molecule has 0 unspecified atom stereocenters. The van der Waals surface area contributed by atoms with Crippen molar-refractivity contribution in [2.24, 2.45) is 0 Å². The maximum absolute atomic E-state index is 10.5. The summed E-state index contributed by atoms with van der Waals surface area (Å²) in [6, 6.07) is 6.53. The van der Waals surface area contributed by atoms with Crippen LogP contribution in [0.2, 0.25) is 0 Å². The third-order valence-electron chi connectivity index (χ3n) is 2.43. The average molecular weight is 248 g/mol. The molecule has 1 N–H and O–H groups in total. The highest BCUT2D eigenvalue weighted by molar-refractivity contribution is 5.32. The summed E-state index contributed by atoms with van der Waals surface area (Å²) < 4.78 is 4.60. The minimum absolute atomic E-state index is 0.110. The van der Waals surface area contributed by atoms with Gasteiger partial charge in [0.25, 0.3) is 5.69 Å². The Morgan fingerprint density at radius 1 is 1.33 bits per heavy atom. The van der Waals surface area contributed by atoms with E-state index in [2.05, 4.69) is 20.0 Å². The second-order valence-corrected chi connectivity index (χ2v) is 3.70. The highest BCUT2D eigenvalue weighted by Gasteiger charge is 2.03. The first-order valence-corrected chi connectivity index (χ1v) is 5.45. The van der Waals surface area contributed by atoms with E-state index in [1.165, 1.54) is 18.5 Å². The Bertz CT molecular complexity index is 496. The van der Waals surface area contributed by atoms with Crippen LogP contribution in [0.15, 0.2) is 35.2 Å². The van der Waals surface area contributed by atoms with Crippen LogP contribution in [-0.2, 0) is 13.0 Å². The molecular weight excluding hydrogens is 236 g/mol. The molecule has 0 radical (unpaired) electrons. The van der Waals surface area contributed by atoms with Crippen LogP contribution in [0.4, 0.5) is 5.69 Å². The van der Waals surface area contributed by atoms with Crippen LogP contribution < -0.4 is 5.32 Å². The van der Waals surface area contributed by atoms with Gasteiger partial charge in [-0.3, -0.25) is 10.1 Å². The predicted molar refractivity (Wildman–Crippen MR) is 62.8 cm³/mol. The SMILES string of the molecule is O=[N+]([O-])c1ccc(CCNCc2ncon2)cc1. The maximum Gasteiger partial charge on any atom is 0.269 e. The molecule has 0 spiro atoms. The van der Waals surface area contributed by atoms with Gasteiger partial charge in [0.1, 0.15) is 0 Å². The number of aromatic nitrogens is 2. The van der Waals surface area contributed by atoms with Crippen LogP contribution in [0.5, 0.6) is 0 Å². The van der Waals surface area contributed by atoms with Crippen molar-refractivity contribution in [1.82, 2.24) is 15.5 Å². The molecule has 0 aliphatic carbocycles. The van der Waals surface area contributed by atoms with Gasteiger partial charge in [-0.2, -0.15) is 4.98 Å². The minimum Gasteiger partial charge on any atom is -0.343 e. The lowest BCUT2D eigenvalue weighted by molar-refractivity contribution is -0.384. The molecule has 1 aromatic heterocycles. The first-order valence-electron chi connectivity index (χ1n) is 5.45. The van der Waals surface area contributed by atoms with E-state index in [4.69, 9.17) is 0 Å². The molecule has 2 rings (SSSR count). The van der Waals surface area contributed by atoms with Gasteiger partial charge in [-0.15, -0.1) is 0 Å². The molecule has 0 fully saturated rings. The van der Waals surface area contributed by atoms with Crippen molar-refractivity contribution in [2.45, 2.75) is 13.0 Å². The number of non-ortho nitro benzene ring substituents is 1. The molecule has 1 heterocycles. The van der Waals surface area contributed by atoms with Crippen molar-refractivity contribution in [3.05, 3.63) is 52.2 Å². The second kappa shape index (κ2) is 5.87. The summed E-state index contributed by atoms with van der Waals surface area (Å²) in [7, 11) is 0. The van der Waals surface area contributed by atoms with E-state index < -0.39 is 4.92 Å². The van der Waals surface area contributed by atoms with Crippen molar-refractivity contribution in [3.63, 3.8) is 0 Å². The fourth-order valence-corrected chi connectivity index (χ4v) is 1.49. The Morgan fingerprint density at radius 2 is 2.11 bits per heavy atom. The van der Waals surface area contributed by atoms with Gasteiger partial charge in [-0.05, 0) is 18.5 Å². The van der Waals surface area contributed by atoms with Crippen LogP contribution in [0.1, 0.15) is 11.4 Å². The summed E-state index contributed by atoms with van der Waals surface area (Å²) >= 11 is 0. The Morgan fingerprint density at radius 3 is 2.72 bits per heavy atom. The van der Waals surface area contributed by atoms with Crippen molar-refractivity contribution in [2.75, 3.05) is 6.54 Å². The van der Waals surface area contributed by atoms with Crippen LogP contribution in [0.25, 0.3) is 0 Å². The lowest BCUT2D eigenvalue weighted by atomic mass is 10.1. The molecule has 0 amide bonds. The van der Waals surface area contributed by atoms with Crippen LogP contribution >= 0.6 is 0 Å². The summed E-state index contributed by atoms with van der Waals surface area (Å²) in [5.41, 5.74) is 1.15. The number of hydrogen-bond donors (Lipinski definition) is 1. The minimum atomic E-state index is -0.404. The summed E-state index contributed by atoms with van der Waals surface area (Å²) in [6.07, 6.45) is 2.07. The van der Waals surface area contributed by atoms with E-state index in [1.807, 2.05) is 0 Å². The van der Waals surface area contributed by atoms with E-state index in [1.54, 1.807) is 12.1 Å². The molecule has 0 bridgehead atoms. The zero-order valence-corrected chi connectivity index (χ0v) is 9.57. The van der Waals surface area contributed by atoms with Crippen LogP contribution in [-0.4, -0.2) is 21.6 Å². The highest BCUT2D eigenvalue weighted by Crippen LogP contribution is 2.11. The normalized spacial score (nSPS) is 10.4. The fourth-order valence-electron chi connectivity index (χ4n) is 1.49. The zero-order chi connectivity index (χ0) is 12.8. The number of rotatable bonds is 6. The maximum atomic E-state index is 10.5. The summed E-state index contributed by atoms with van der Waals surface area (Å²) in [6.45, 7) is 1.29. The third kappa shape index (κ3) is 3.36. The molecule has 18 heavy (non-hydrogen) atoms. The van der Waals surface area contributed by atoms with Gasteiger partial charge < -0.3 is 9.84 Å². The largest absolute Gasteiger partial charge is 0.343 e. The van der Waals surface area contributed by atoms with Crippen molar-refractivity contribution < 1.29 is 9.45 Å². The van der Waals surface area contributed by atoms with Gasteiger partial charge in [0.15, 0.2) is 5.82 Å². The van der Waals surface area contributed by atoms with Gasteiger partial charge >= 0.3 is 0 Å². The Hall–Kier alpha value is -2.28. The number of hydrogen-bond acceptors (Lipinski definition) is 6. The summed E-state index contributed by atoms with van der Waals surface area (Å²) in [4.78, 5) is 13.9. The highest BCUT2D eigenvalue weighted by atomic mass is 16.6. The van der Waals surface area contributed by atoms with E-state index >= 15 is 0 Å². The monoisotopic (exact) mass is 248 g/mol. The smallest absolute Gasteiger partial charge is 0.269 e. The first-order chi connectivity index (χ1) is 8.75. The van der Waals surface area contributed by atoms with Gasteiger partial charge in [0.2, 0.25) is 6.39 Å². The van der Waals surface area contributed by atoms with E-state index in [0.717, 1.165) is 18.5 Å². The molecular formula is C11H12N4O3. The van der Waals surface area contributed by atoms with E-state index in [-0.39, 0.29) is 5.69 Å². The molecule has 0 saturated heterocycles. The van der Waals surface area contributed by atoms with Crippen molar-refractivity contribution in [1.29, 1.82) is 0 Å². The third-order valence-corrected chi connectivity index (χ3v) is 2.43. The van der Waals surface area contributed by atoms with Crippen molar-refractivity contribution in [3.8, 4) is 0 Å². The number of benzene rings is 1.